The molecular formula is C5H8O5S. The van der Waals surface area contributed by atoms with E-state index in [0.29, 0.717) is 0 Å². The van der Waals surface area contributed by atoms with E-state index in [1.165, 1.54) is 0 Å². The zero-order valence-corrected chi connectivity index (χ0v) is 6.23. The van der Waals surface area contributed by atoms with Gasteiger partial charge in [-0.2, -0.15) is 0 Å². The molecule has 0 aromatic heterocycles. The normalized spacial score (nSPS) is 45.3. The van der Waals surface area contributed by atoms with Gasteiger partial charge in [0.05, 0.1) is 0 Å². The molecule has 0 radical (unpaired) electrons. The Morgan fingerprint density at radius 2 is 1.64 bits per heavy atom. The van der Waals surface area contributed by atoms with Crippen molar-refractivity contribution in [3.63, 3.8) is 0 Å². The Labute approximate surface area is 67.8 Å². The highest BCUT2D eigenvalue weighted by Crippen LogP contribution is 2.15. The Hall–Kier alpha value is -0.270. The van der Waals surface area contributed by atoms with Gasteiger partial charge >= 0.3 is 0 Å². The fraction of sp³-hybridized carbons (Fsp3) is 0.800. The van der Waals surface area contributed by atoms with Gasteiger partial charge in [0.2, 0.25) is 6.29 Å². The molecular weight excluding hydrogens is 172 g/mol. The lowest BCUT2D eigenvalue weighted by molar-refractivity contribution is -0.188. The van der Waals surface area contributed by atoms with Gasteiger partial charge in [0, 0.05) is 0 Å². The minimum Gasteiger partial charge on any atom is -0.453 e. The highest BCUT2D eigenvalue weighted by atomic mass is 32.1. The molecule has 1 aliphatic heterocycles. The van der Waals surface area contributed by atoms with Crippen molar-refractivity contribution >= 4 is 17.3 Å². The van der Waals surface area contributed by atoms with Crippen LogP contribution in [0.15, 0.2) is 0 Å². The summed E-state index contributed by atoms with van der Waals surface area (Å²) in [6.07, 6.45) is -5.97. The van der Waals surface area contributed by atoms with Crippen LogP contribution in [0.4, 0.5) is 0 Å². The molecule has 0 amide bonds. The van der Waals surface area contributed by atoms with Gasteiger partial charge in [-0.15, -0.1) is 0 Å². The monoisotopic (exact) mass is 180 g/mol. The van der Waals surface area contributed by atoms with Crippen molar-refractivity contribution in [2.75, 3.05) is 0 Å². The molecule has 4 atom stereocenters. The van der Waals surface area contributed by atoms with Gasteiger partial charge in [0.15, 0.2) is 11.2 Å². The maximum Gasteiger partial charge on any atom is 0.227 e. The zero-order valence-electron chi connectivity index (χ0n) is 5.41. The van der Waals surface area contributed by atoms with E-state index >= 15 is 0 Å². The fourth-order valence-corrected chi connectivity index (χ4v) is 0.991. The first-order valence-electron chi connectivity index (χ1n) is 2.97. The summed E-state index contributed by atoms with van der Waals surface area (Å²) in [5.74, 6) is 0. The van der Waals surface area contributed by atoms with Crippen molar-refractivity contribution in [2.45, 2.75) is 24.6 Å². The second kappa shape index (κ2) is 3.00. The second-order valence-corrected chi connectivity index (χ2v) is 2.66. The number of rotatable bonds is 0. The average molecular weight is 180 g/mol. The molecule has 4 N–H and O–H groups in total. The number of aliphatic hydroxyl groups is 4. The molecule has 64 valence electrons. The maximum absolute atomic E-state index is 8.96. The van der Waals surface area contributed by atoms with Crippen LogP contribution in [-0.4, -0.2) is 50.1 Å². The van der Waals surface area contributed by atoms with E-state index in [2.05, 4.69) is 17.0 Å². The van der Waals surface area contributed by atoms with E-state index in [-0.39, 0.29) is 5.05 Å². The van der Waals surface area contributed by atoms with Gasteiger partial charge in [0.25, 0.3) is 0 Å². The number of thiocarbonyl (C=S) groups is 1. The zero-order chi connectivity index (χ0) is 8.59. The molecule has 6 heteroatoms. The van der Waals surface area contributed by atoms with Crippen LogP contribution in [0.3, 0.4) is 0 Å². The lowest BCUT2D eigenvalue weighted by Gasteiger charge is -2.32. The molecule has 1 heterocycles. The van der Waals surface area contributed by atoms with Crippen LogP contribution in [0.25, 0.3) is 0 Å². The van der Waals surface area contributed by atoms with E-state index in [0.717, 1.165) is 0 Å². The van der Waals surface area contributed by atoms with E-state index in [9.17, 15) is 0 Å². The molecule has 0 aromatic rings. The quantitative estimate of drug-likeness (QED) is 0.315. The Morgan fingerprint density at radius 1 is 1.09 bits per heavy atom. The Morgan fingerprint density at radius 3 is 2.18 bits per heavy atom. The van der Waals surface area contributed by atoms with Gasteiger partial charge in [-0.1, -0.05) is 0 Å². The highest BCUT2D eigenvalue weighted by Gasteiger charge is 2.40. The van der Waals surface area contributed by atoms with Crippen molar-refractivity contribution in [2.24, 2.45) is 0 Å². The molecule has 1 unspecified atom stereocenters. The summed E-state index contributed by atoms with van der Waals surface area (Å²) in [5.41, 5.74) is 0. The standard InChI is InChI=1S/C5H8O5S/c6-1-2(7)4(9)10-5(11)3(1)8/h1-4,6-9H/t1-,2-,3+,4?/m1/s1. The van der Waals surface area contributed by atoms with Gasteiger partial charge in [-0.05, 0) is 12.2 Å². The van der Waals surface area contributed by atoms with Crippen molar-refractivity contribution in [1.29, 1.82) is 0 Å². The van der Waals surface area contributed by atoms with Gasteiger partial charge < -0.3 is 25.2 Å². The summed E-state index contributed by atoms with van der Waals surface area (Å²) < 4.78 is 4.41. The minimum absolute atomic E-state index is 0.310. The molecule has 0 aliphatic carbocycles. The second-order valence-electron chi connectivity index (χ2n) is 2.25. The molecule has 1 saturated heterocycles. The van der Waals surface area contributed by atoms with Gasteiger partial charge in [-0.3, -0.25) is 0 Å². The maximum atomic E-state index is 8.96. The number of hydrogen-bond donors (Lipinski definition) is 4. The third kappa shape index (κ3) is 1.49. The summed E-state index contributed by atoms with van der Waals surface area (Å²) in [7, 11) is 0. The lowest BCUT2D eigenvalue weighted by Crippen LogP contribution is -2.54. The van der Waals surface area contributed by atoms with E-state index in [1.807, 2.05) is 0 Å². The Balaban J connectivity index is 2.70. The lowest BCUT2D eigenvalue weighted by atomic mass is 10.1. The van der Waals surface area contributed by atoms with Crippen LogP contribution in [0.2, 0.25) is 0 Å². The number of ether oxygens (including phenoxy) is 1. The van der Waals surface area contributed by atoms with Crippen LogP contribution in [0.1, 0.15) is 0 Å². The van der Waals surface area contributed by atoms with Crippen molar-refractivity contribution < 1.29 is 25.2 Å². The Bertz CT molecular complexity index is 172. The summed E-state index contributed by atoms with van der Waals surface area (Å²) in [4.78, 5) is 0. The van der Waals surface area contributed by atoms with Crippen molar-refractivity contribution in [1.82, 2.24) is 0 Å². The first-order valence-corrected chi connectivity index (χ1v) is 3.37. The van der Waals surface area contributed by atoms with Crippen LogP contribution in [-0.2, 0) is 4.74 Å². The predicted molar refractivity (Wildman–Crippen MR) is 37.7 cm³/mol. The number of hydrogen-bond acceptors (Lipinski definition) is 6. The number of aliphatic hydroxyl groups excluding tert-OH is 4. The third-order valence-electron chi connectivity index (χ3n) is 1.44. The molecule has 0 saturated carbocycles. The van der Waals surface area contributed by atoms with Gasteiger partial charge in [0.1, 0.15) is 12.2 Å². The summed E-state index contributed by atoms with van der Waals surface area (Å²) in [6, 6.07) is 0. The van der Waals surface area contributed by atoms with Crippen LogP contribution >= 0.6 is 12.2 Å². The molecule has 5 nitrogen and oxygen atoms in total. The SMILES string of the molecule is OC1OC(=S)[C@@H](O)[C@H](O)[C@H]1O. The highest BCUT2D eigenvalue weighted by molar-refractivity contribution is 7.80. The first-order chi connectivity index (χ1) is 5.04. The third-order valence-corrected chi connectivity index (χ3v) is 1.78. The van der Waals surface area contributed by atoms with E-state index in [1.54, 1.807) is 0 Å². The van der Waals surface area contributed by atoms with Crippen molar-refractivity contribution in [3.05, 3.63) is 0 Å². The fourth-order valence-electron chi connectivity index (χ4n) is 0.753. The van der Waals surface area contributed by atoms with Gasteiger partial charge in [-0.25, -0.2) is 0 Å². The molecule has 1 fully saturated rings. The molecule has 0 aromatic carbocycles. The smallest absolute Gasteiger partial charge is 0.227 e. The van der Waals surface area contributed by atoms with E-state index < -0.39 is 24.6 Å². The van der Waals surface area contributed by atoms with Crippen LogP contribution in [0, 0.1) is 0 Å². The molecule has 0 bridgehead atoms. The molecule has 1 aliphatic rings. The summed E-state index contributed by atoms with van der Waals surface area (Å²) >= 11 is 4.43. The average Bonchev–Trinajstić information content (AvgIpc) is 1.97. The minimum atomic E-state index is -1.55. The Kier molecular flexibility index (Phi) is 2.40. The first kappa shape index (κ1) is 8.82. The molecule has 11 heavy (non-hydrogen) atoms. The summed E-state index contributed by atoms with van der Waals surface area (Å²) in [5, 5.41) is 35.3. The van der Waals surface area contributed by atoms with Crippen LogP contribution in [0.5, 0.6) is 0 Å². The topological polar surface area (TPSA) is 90.2 Å². The molecule has 0 spiro atoms. The molecule has 1 rings (SSSR count). The van der Waals surface area contributed by atoms with Crippen LogP contribution < -0.4 is 0 Å². The largest absolute Gasteiger partial charge is 0.453 e. The predicted octanol–water partition coefficient (Wildman–Crippen LogP) is -2.25. The van der Waals surface area contributed by atoms with Crippen molar-refractivity contribution in [3.8, 4) is 0 Å². The van der Waals surface area contributed by atoms with E-state index in [4.69, 9.17) is 20.4 Å². The summed E-state index contributed by atoms with van der Waals surface area (Å²) in [6.45, 7) is 0.